The van der Waals surface area contributed by atoms with Crippen LogP contribution in [0, 0.1) is 0 Å². The molecule has 0 atom stereocenters. The van der Waals surface area contributed by atoms with Crippen LogP contribution in [0.3, 0.4) is 0 Å². The highest BCUT2D eigenvalue weighted by atomic mass is 14.6. The van der Waals surface area contributed by atoms with Crippen LogP contribution in [0.4, 0.5) is 0 Å². The van der Waals surface area contributed by atoms with Gasteiger partial charge in [-0.3, -0.25) is 0 Å². The Kier molecular flexibility index (Phi) is 6.52. The molecule has 0 unspecified atom stereocenters. The summed E-state index contributed by atoms with van der Waals surface area (Å²) in [6.45, 7) is 0. The standard InChI is InChI=1S/C66H38/c1-3-19-41-39(15-1)17-13-25-43(41)45-31-35-57-61-51(45)33-37-59-63(61)64-60(65(57)53-27-9-5-21-47(53)48-22-6-10-28-54(48)65)38-34-52-46(44-26-14-18-40-16-2-4-20-42(40)44)32-36-58(62(52)64)66(59)55-29-11-7-23-49(55)50-24-8-12-30-56(50)66/h1-38H. The Labute approximate surface area is 382 Å². The topological polar surface area (TPSA) is 0 Å². The summed E-state index contributed by atoms with van der Waals surface area (Å²) < 4.78 is 0. The molecule has 0 saturated carbocycles. The lowest BCUT2D eigenvalue weighted by Crippen LogP contribution is -2.37. The molecule has 0 N–H and O–H groups in total. The van der Waals surface area contributed by atoms with Crippen LogP contribution in [0.25, 0.3) is 98.7 Å². The predicted molar refractivity (Wildman–Crippen MR) is 274 cm³/mol. The summed E-state index contributed by atoms with van der Waals surface area (Å²) in [5.74, 6) is 0. The Hall–Kier alpha value is -8.32. The van der Waals surface area contributed by atoms with Gasteiger partial charge in [-0.05, 0) is 143 Å². The molecule has 0 amide bonds. The molecule has 0 heteroatoms. The van der Waals surface area contributed by atoms with Gasteiger partial charge in [0.15, 0.2) is 0 Å². The van der Waals surface area contributed by atoms with Crippen LogP contribution < -0.4 is 0 Å². The summed E-state index contributed by atoms with van der Waals surface area (Å²) in [5.41, 5.74) is 22.9. The molecule has 12 aromatic carbocycles. The van der Waals surface area contributed by atoms with Gasteiger partial charge in [0, 0.05) is 0 Å². The highest BCUT2D eigenvalue weighted by molar-refractivity contribution is 6.23. The van der Waals surface area contributed by atoms with Crippen molar-refractivity contribution >= 4 is 43.1 Å². The Morgan fingerprint density at radius 2 is 0.485 bits per heavy atom. The molecule has 12 aromatic rings. The van der Waals surface area contributed by atoms with Crippen LogP contribution in [0.2, 0.25) is 0 Å². The lowest BCUT2D eigenvalue weighted by Gasteiger charge is -2.47. The summed E-state index contributed by atoms with van der Waals surface area (Å²) in [4.78, 5) is 0. The molecule has 66 heavy (non-hydrogen) atoms. The van der Waals surface area contributed by atoms with Crippen molar-refractivity contribution in [2.45, 2.75) is 10.8 Å². The maximum atomic E-state index is 2.54. The maximum Gasteiger partial charge on any atom is 0.0725 e. The van der Waals surface area contributed by atoms with Gasteiger partial charge >= 0.3 is 0 Å². The number of benzene rings is 12. The Bertz CT molecular complexity index is 3810. The first-order valence-corrected chi connectivity index (χ1v) is 23.3. The van der Waals surface area contributed by atoms with Crippen LogP contribution in [-0.4, -0.2) is 0 Å². The number of hydrogen-bond acceptors (Lipinski definition) is 0. The van der Waals surface area contributed by atoms with Crippen molar-refractivity contribution in [1.82, 2.24) is 0 Å². The normalized spacial score (nSPS) is 14.6. The van der Waals surface area contributed by atoms with E-state index in [1.54, 1.807) is 0 Å². The quantitative estimate of drug-likeness (QED) is 0.163. The average molecular weight is 831 g/mol. The lowest BCUT2D eigenvalue weighted by molar-refractivity contribution is 0.751. The van der Waals surface area contributed by atoms with E-state index < -0.39 is 10.8 Å². The highest BCUT2D eigenvalue weighted by Crippen LogP contribution is 2.69. The van der Waals surface area contributed by atoms with E-state index in [0.717, 1.165) is 0 Å². The first-order chi connectivity index (χ1) is 32.8. The van der Waals surface area contributed by atoms with Crippen molar-refractivity contribution in [3.8, 4) is 55.6 Å². The second kappa shape index (κ2) is 12.3. The van der Waals surface area contributed by atoms with Crippen LogP contribution >= 0.6 is 0 Å². The Morgan fingerprint density at radius 3 is 0.894 bits per heavy atom. The first kappa shape index (κ1) is 35.1. The van der Waals surface area contributed by atoms with Crippen molar-refractivity contribution in [3.63, 3.8) is 0 Å². The Balaban J connectivity index is 1.17. The molecule has 0 heterocycles. The summed E-state index contributed by atoms with van der Waals surface area (Å²) in [7, 11) is 0. The zero-order valence-electron chi connectivity index (χ0n) is 35.9. The van der Waals surface area contributed by atoms with Gasteiger partial charge in [-0.1, -0.05) is 231 Å². The maximum absolute atomic E-state index is 2.54. The minimum absolute atomic E-state index is 0.555. The van der Waals surface area contributed by atoms with Gasteiger partial charge in [0.1, 0.15) is 0 Å². The zero-order valence-corrected chi connectivity index (χ0v) is 35.9. The molecule has 0 aliphatic heterocycles. The zero-order chi connectivity index (χ0) is 42.9. The van der Waals surface area contributed by atoms with Crippen molar-refractivity contribution < 1.29 is 0 Å². The summed E-state index contributed by atoms with van der Waals surface area (Å²) in [6.07, 6.45) is 0. The lowest BCUT2D eigenvalue weighted by atomic mass is 9.54. The molecule has 0 radical (unpaired) electrons. The Morgan fingerprint density at radius 1 is 0.182 bits per heavy atom. The van der Waals surface area contributed by atoms with Crippen molar-refractivity contribution in [2.75, 3.05) is 0 Å². The fourth-order valence-corrected chi connectivity index (χ4v) is 14.0. The molecule has 4 aliphatic carbocycles. The van der Waals surface area contributed by atoms with Gasteiger partial charge in [0.2, 0.25) is 0 Å². The third-order valence-electron chi connectivity index (χ3n) is 16.3. The van der Waals surface area contributed by atoms with E-state index in [2.05, 4.69) is 231 Å². The van der Waals surface area contributed by atoms with Crippen molar-refractivity contribution in [2.24, 2.45) is 0 Å². The second-order valence-electron chi connectivity index (χ2n) is 18.9. The molecule has 0 aromatic heterocycles. The summed E-state index contributed by atoms with van der Waals surface area (Å²) in [5, 5.41) is 10.4. The minimum Gasteiger partial charge on any atom is -0.0619 e. The molecule has 4 aliphatic rings. The van der Waals surface area contributed by atoms with Gasteiger partial charge in [0.25, 0.3) is 0 Å². The van der Waals surface area contributed by atoms with E-state index in [-0.39, 0.29) is 0 Å². The van der Waals surface area contributed by atoms with Crippen molar-refractivity contribution in [1.29, 1.82) is 0 Å². The van der Waals surface area contributed by atoms with E-state index in [0.29, 0.717) is 0 Å². The number of hydrogen-bond donors (Lipinski definition) is 0. The van der Waals surface area contributed by atoms with E-state index in [1.807, 2.05) is 0 Å². The average Bonchev–Trinajstić information content (AvgIpc) is 3.85. The minimum atomic E-state index is -0.555. The largest absolute Gasteiger partial charge is 0.0725 e. The van der Waals surface area contributed by atoms with E-state index in [1.165, 1.54) is 143 Å². The third-order valence-corrected chi connectivity index (χ3v) is 16.3. The highest BCUT2D eigenvalue weighted by Gasteiger charge is 2.56. The number of fused-ring (bicyclic) bond motifs is 16. The van der Waals surface area contributed by atoms with Gasteiger partial charge in [-0.25, -0.2) is 0 Å². The van der Waals surface area contributed by atoms with E-state index in [4.69, 9.17) is 0 Å². The SMILES string of the molecule is c1ccc2c(c1)-c1ccccc1C21c2ccc3c(-c4cccc5ccccc45)ccc4c3c2-c2c(ccc3c(-c5cccc6ccccc56)ccc1c23)C41c2ccccc2-c2ccccc21. The van der Waals surface area contributed by atoms with E-state index in [9.17, 15) is 0 Å². The predicted octanol–water partition coefficient (Wildman–Crippen LogP) is 16.7. The van der Waals surface area contributed by atoms with Crippen LogP contribution in [0.5, 0.6) is 0 Å². The second-order valence-corrected chi connectivity index (χ2v) is 18.9. The fraction of sp³-hybridized carbons (Fsp3) is 0.0303. The van der Waals surface area contributed by atoms with Crippen molar-refractivity contribution in [3.05, 3.63) is 275 Å². The van der Waals surface area contributed by atoms with Gasteiger partial charge in [-0.2, -0.15) is 0 Å². The molecule has 16 rings (SSSR count). The summed E-state index contributed by atoms with van der Waals surface area (Å²) in [6, 6.07) is 88.5. The van der Waals surface area contributed by atoms with Gasteiger partial charge < -0.3 is 0 Å². The van der Waals surface area contributed by atoms with Crippen LogP contribution in [-0.2, 0) is 10.8 Å². The third kappa shape index (κ3) is 3.94. The molecule has 0 saturated heterocycles. The summed E-state index contributed by atoms with van der Waals surface area (Å²) >= 11 is 0. The molecule has 0 fully saturated rings. The van der Waals surface area contributed by atoms with E-state index >= 15 is 0 Å². The fourth-order valence-electron chi connectivity index (χ4n) is 14.0. The molecule has 0 bridgehead atoms. The number of rotatable bonds is 2. The monoisotopic (exact) mass is 830 g/mol. The molecular formula is C66H38. The molecule has 302 valence electrons. The van der Waals surface area contributed by atoms with Gasteiger partial charge in [-0.15, -0.1) is 0 Å². The van der Waals surface area contributed by atoms with Crippen LogP contribution in [0.15, 0.2) is 231 Å². The van der Waals surface area contributed by atoms with Gasteiger partial charge in [0.05, 0.1) is 10.8 Å². The molecule has 2 spiro atoms. The molecular weight excluding hydrogens is 793 g/mol. The first-order valence-electron chi connectivity index (χ1n) is 23.3. The van der Waals surface area contributed by atoms with Crippen LogP contribution in [0.1, 0.15) is 44.5 Å². The smallest absolute Gasteiger partial charge is 0.0619 e. The molecule has 0 nitrogen and oxygen atoms in total.